The van der Waals surface area contributed by atoms with Crippen LogP contribution < -0.4 is 11.1 Å². The van der Waals surface area contributed by atoms with Crippen LogP contribution in [0.5, 0.6) is 0 Å². The molecule has 0 unspecified atom stereocenters. The summed E-state index contributed by atoms with van der Waals surface area (Å²) in [6.07, 6.45) is 0. The van der Waals surface area contributed by atoms with Gasteiger partial charge in [0.2, 0.25) is 5.91 Å². The second kappa shape index (κ2) is 7.36. The number of nitrogens with zero attached hydrogens (tertiary/aromatic N) is 2. The van der Waals surface area contributed by atoms with Crippen molar-refractivity contribution in [2.24, 2.45) is 0 Å². The van der Waals surface area contributed by atoms with Crippen LogP contribution in [0.1, 0.15) is 11.1 Å². The summed E-state index contributed by atoms with van der Waals surface area (Å²) >= 11 is 5.83. The lowest BCUT2D eigenvalue weighted by Gasteiger charge is -2.08. The first kappa shape index (κ1) is 17.0. The van der Waals surface area contributed by atoms with E-state index in [1.807, 2.05) is 43.3 Å². The topological polar surface area (TPSA) is 77.1 Å². The van der Waals surface area contributed by atoms with Gasteiger partial charge in [-0.2, -0.15) is 0 Å². The van der Waals surface area contributed by atoms with Crippen molar-refractivity contribution in [1.29, 1.82) is 0 Å². The second-order valence-corrected chi connectivity index (χ2v) is 6.01. The third-order valence-corrected chi connectivity index (χ3v) is 4.03. The molecule has 1 N–H and O–H groups in total. The largest absolute Gasteiger partial charge is 0.442 e. The molecular formula is C18H16ClN3O3. The van der Waals surface area contributed by atoms with Gasteiger partial charge < -0.3 is 5.32 Å². The van der Waals surface area contributed by atoms with Gasteiger partial charge >= 0.3 is 5.76 Å². The Morgan fingerprint density at radius 3 is 2.64 bits per heavy atom. The molecule has 0 atom stereocenters. The summed E-state index contributed by atoms with van der Waals surface area (Å²) in [5, 5.41) is 7.21. The minimum absolute atomic E-state index is 0.167. The van der Waals surface area contributed by atoms with Crippen molar-refractivity contribution in [1.82, 2.24) is 15.0 Å². The molecule has 0 saturated heterocycles. The van der Waals surface area contributed by atoms with Gasteiger partial charge in [0, 0.05) is 17.1 Å². The van der Waals surface area contributed by atoms with E-state index in [1.165, 1.54) is 4.57 Å². The summed E-state index contributed by atoms with van der Waals surface area (Å²) in [6, 6.07) is 14.6. The summed E-state index contributed by atoms with van der Waals surface area (Å²) < 4.78 is 5.97. The predicted molar refractivity (Wildman–Crippen MR) is 94.2 cm³/mol. The summed E-state index contributed by atoms with van der Waals surface area (Å²) in [7, 11) is 0. The van der Waals surface area contributed by atoms with Crippen LogP contribution in [0.4, 0.5) is 0 Å². The molecule has 3 aromatic rings. The molecule has 0 aliphatic heterocycles. The fraction of sp³-hybridized carbons (Fsp3) is 0.167. The fourth-order valence-electron chi connectivity index (χ4n) is 2.43. The Morgan fingerprint density at radius 1 is 1.20 bits per heavy atom. The van der Waals surface area contributed by atoms with E-state index >= 15 is 0 Å². The van der Waals surface area contributed by atoms with Gasteiger partial charge in [0.1, 0.15) is 6.54 Å². The van der Waals surface area contributed by atoms with Gasteiger partial charge in [-0.05, 0) is 30.2 Å². The molecule has 25 heavy (non-hydrogen) atoms. The van der Waals surface area contributed by atoms with E-state index in [9.17, 15) is 9.59 Å². The Hall–Kier alpha value is -2.86. The molecule has 0 saturated carbocycles. The van der Waals surface area contributed by atoms with Gasteiger partial charge in [0.15, 0.2) is 5.82 Å². The van der Waals surface area contributed by atoms with E-state index in [0.29, 0.717) is 17.4 Å². The van der Waals surface area contributed by atoms with Crippen LogP contribution in [-0.2, 0) is 17.9 Å². The third-order valence-electron chi connectivity index (χ3n) is 3.78. The highest BCUT2D eigenvalue weighted by Crippen LogP contribution is 2.19. The maximum absolute atomic E-state index is 12.2. The molecule has 1 heterocycles. The number of hydrogen-bond acceptors (Lipinski definition) is 4. The van der Waals surface area contributed by atoms with Crippen molar-refractivity contribution in [2.75, 3.05) is 0 Å². The maximum Gasteiger partial charge on any atom is 0.442 e. The van der Waals surface area contributed by atoms with E-state index in [4.69, 9.17) is 16.1 Å². The van der Waals surface area contributed by atoms with Crippen LogP contribution in [0.2, 0.25) is 5.02 Å². The van der Waals surface area contributed by atoms with E-state index in [2.05, 4.69) is 10.5 Å². The average molecular weight is 358 g/mol. The van der Waals surface area contributed by atoms with E-state index < -0.39 is 5.76 Å². The normalized spacial score (nSPS) is 10.6. The van der Waals surface area contributed by atoms with Crippen LogP contribution in [0.15, 0.2) is 57.8 Å². The van der Waals surface area contributed by atoms with Crippen LogP contribution in [0.25, 0.3) is 11.4 Å². The summed E-state index contributed by atoms with van der Waals surface area (Å²) in [5.41, 5.74) is 2.60. The average Bonchev–Trinajstić information content (AvgIpc) is 2.95. The van der Waals surface area contributed by atoms with E-state index in [0.717, 1.165) is 16.7 Å². The molecule has 3 rings (SSSR count). The highest BCUT2D eigenvalue weighted by Gasteiger charge is 2.17. The number of carbonyl (C=O) groups is 1. The first-order valence-corrected chi connectivity index (χ1v) is 8.06. The van der Waals surface area contributed by atoms with Gasteiger partial charge in [0.25, 0.3) is 0 Å². The predicted octanol–water partition coefficient (Wildman–Crippen LogP) is 2.78. The molecule has 6 nitrogen and oxygen atoms in total. The summed E-state index contributed by atoms with van der Waals surface area (Å²) in [4.78, 5) is 24.1. The smallest absolute Gasteiger partial charge is 0.350 e. The Morgan fingerprint density at radius 2 is 1.92 bits per heavy atom. The molecule has 1 aromatic heterocycles. The fourth-order valence-corrected chi connectivity index (χ4v) is 2.55. The number of hydrogen-bond donors (Lipinski definition) is 1. The molecular weight excluding hydrogens is 342 g/mol. The Labute approximate surface area is 149 Å². The second-order valence-electron chi connectivity index (χ2n) is 5.58. The van der Waals surface area contributed by atoms with E-state index in [1.54, 1.807) is 12.1 Å². The Kier molecular flexibility index (Phi) is 5.00. The van der Waals surface area contributed by atoms with Crippen molar-refractivity contribution >= 4 is 17.5 Å². The molecule has 0 aliphatic carbocycles. The lowest BCUT2D eigenvalue weighted by atomic mass is 10.1. The lowest BCUT2D eigenvalue weighted by molar-refractivity contribution is -0.121. The number of nitrogens with one attached hydrogen (secondary N) is 1. The number of amides is 1. The van der Waals surface area contributed by atoms with Gasteiger partial charge in [-0.25, -0.2) is 9.36 Å². The van der Waals surface area contributed by atoms with Crippen LogP contribution >= 0.6 is 11.6 Å². The molecule has 0 spiro atoms. The van der Waals surface area contributed by atoms with Crippen molar-refractivity contribution < 1.29 is 9.32 Å². The van der Waals surface area contributed by atoms with Crippen LogP contribution in [-0.4, -0.2) is 15.6 Å². The molecule has 0 radical (unpaired) electrons. The van der Waals surface area contributed by atoms with Gasteiger partial charge in [-0.1, -0.05) is 53.2 Å². The summed E-state index contributed by atoms with van der Waals surface area (Å²) in [5.74, 6) is -0.639. The van der Waals surface area contributed by atoms with Crippen LogP contribution in [0.3, 0.4) is 0 Å². The quantitative estimate of drug-likeness (QED) is 0.761. The number of halogens is 1. The molecule has 7 heteroatoms. The van der Waals surface area contributed by atoms with Gasteiger partial charge in [-0.15, -0.1) is 0 Å². The zero-order valence-electron chi connectivity index (χ0n) is 13.5. The molecule has 0 fully saturated rings. The highest BCUT2D eigenvalue weighted by atomic mass is 35.5. The molecule has 1 amide bonds. The SMILES string of the molecule is Cc1ccccc1-c1noc(=O)n1CC(=O)NCc1ccc(Cl)cc1. The summed E-state index contributed by atoms with van der Waals surface area (Å²) in [6.45, 7) is 2.08. The first-order valence-electron chi connectivity index (χ1n) is 7.68. The van der Waals surface area contributed by atoms with Crippen LogP contribution in [0, 0.1) is 6.92 Å². The molecule has 0 bridgehead atoms. The molecule has 128 valence electrons. The number of rotatable bonds is 5. The van der Waals surface area contributed by atoms with Crippen molar-refractivity contribution in [3.8, 4) is 11.4 Å². The molecule has 0 aliphatic rings. The third kappa shape index (κ3) is 3.97. The zero-order valence-corrected chi connectivity index (χ0v) is 14.3. The number of aromatic nitrogens is 2. The van der Waals surface area contributed by atoms with Gasteiger partial charge in [0.05, 0.1) is 0 Å². The minimum Gasteiger partial charge on any atom is -0.350 e. The zero-order chi connectivity index (χ0) is 17.8. The van der Waals surface area contributed by atoms with Crippen molar-refractivity contribution in [2.45, 2.75) is 20.0 Å². The van der Waals surface area contributed by atoms with Gasteiger partial charge in [-0.3, -0.25) is 9.32 Å². The van der Waals surface area contributed by atoms with Crippen molar-refractivity contribution in [3.63, 3.8) is 0 Å². The highest BCUT2D eigenvalue weighted by molar-refractivity contribution is 6.30. The molecule has 2 aromatic carbocycles. The first-order chi connectivity index (χ1) is 12.0. The Balaban J connectivity index is 1.74. The number of carbonyl (C=O) groups excluding carboxylic acids is 1. The number of aryl methyl sites for hydroxylation is 1. The Bertz CT molecular complexity index is 945. The monoisotopic (exact) mass is 357 g/mol. The maximum atomic E-state index is 12.2. The van der Waals surface area contributed by atoms with E-state index in [-0.39, 0.29) is 12.5 Å². The lowest BCUT2D eigenvalue weighted by Crippen LogP contribution is -2.30. The minimum atomic E-state index is -0.667. The standard InChI is InChI=1S/C18H16ClN3O3/c1-12-4-2-3-5-15(12)17-21-25-18(24)22(17)11-16(23)20-10-13-6-8-14(19)9-7-13/h2-9H,10-11H2,1H3,(H,20,23). The van der Waals surface area contributed by atoms with Crippen molar-refractivity contribution in [3.05, 3.63) is 75.2 Å². The number of benzene rings is 2.